The summed E-state index contributed by atoms with van der Waals surface area (Å²) >= 11 is 1.37. The highest BCUT2D eigenvalue weighted by Crippen LogP contribution is 2.21. The Morgan fingerprint density at radius 2 is 2.10 bits per heavy atom. The molecule has 0 aliphatic carbocycles. The highest BCUT2D eigenvalue weighted by Gasteiger charge is 2.12. The van der Waals surface area contributed by atoms with Crippen LogP contribution in [0, 0.1) is 0 Å². The number of nitrogens with one attached hydrogen (secondary N) is 1. The topological polar surface area (TPSA) is 75.0 Å². The van der Waals surface area contributed by atoms with E-state index in [9.17, 15) is 4.79 Å². The van der Waals surface area contributed by atoms with Gasteiger partial charge in [0.1, 0.15) is 0 Å². The number of nitrogens with zero attached hydrogens (tertiary/aromatic N) is 2. The summed E-state index contributed by atoms with van der Waals surface area (Å²) < 4.78 is 0. The minimum absolute atomic E-state index is 0.0276. The third-order valence-corrected chi connectivity index (χ3v) is 3.73. The maximum absolute atomic E-state index is 12.1. The van der Waals surface area contributed by atoms with E-state index in [1.165, 1.54) is 11.8 Å². The highest BCUT2D eigenvalue weighted by atomic mass is 32.2. The average molecular weight is 302 g/mol. The Bertz CT molecular complexity index is 655. The van der Waals surface area contributed by atoms with Crippen molar-refractivity contribution < 1.29 is 4.79 Å². The van der Waals surface area contributed by atoms with Crippen molar-refractivity contribution >= 4 is 34.4 Å². The number of imidazole rings is 1. The monoisotopic (exact) mass is 302 g/mol. The third-order valence-electron chi connectivity index (χ3n) is 2.87. The van der Waals surface area contributed by atoms with Gasteiger partial charge in [-0.25, -0.2) is 4.98 Å². The number of aromatic amines is 1. The summed E-state index contributed by atoms with van der Waals surface area (Å²) in [6.07, 6.45) is 3.41. The molecule has 0 aliphatic rings. The van der Waals surface area contributed by atoms with Gasteiger partial charge in [-0.05, 0) is 18.2 Å². The molecule has 1 aromatic heterocycles. The molecular formula is C15H18N4OS. The smallest absolute Gasteiger partial charge is 0.233 e. The number of H-pyrrole nitrogens is 1. The summed E-state index contributed by atoms with van der Waals surface area (Å²) in [4.78, 5) is 21.4. The Morgan fingerprint density at radius 3 is 2.76 bits per heavy atom. The zero-order valence-electron chi connectivity index (χ0n) is 11.7. The number of carbonyl (C=O) groups is 1. The number of carbonyl (C=O) groups excluding carboxylic acids is 1. The van der Waals surface area contributed by atoms with Crippen LogP contribution in [0.5, 0.6) is 0 Å². The summed E-state index contributed by atoms with van der Waals surface area (Å²) in [5.74, 6) is 0.344. The first-order valence-electron chi connectivity index (χ1n) is 6.51. The number of hydrogen-bond donors (Lipinski definition) is 2. The quantitative estimate of drug-likeness (QED) is 0.468. The van der Waals surface area contributed by atoms with Gasteiger partial charge in [-0.1, -0.05) is 23.9 Å². The predicted molar refractivity (Wildman–Crippen MR) is 88.2 cm³/mol. The van der Waals surface area contributed by atoms with E-state index in [2.05, 4.69) is 23.1 Å². The van der Waals surface area contributed by atoms with Crippen LogP contribution in [-0.2, 0) is 4.79 Å². The fraction of sp³-hybridized carbons (Fsp3) is 0.200. The minimum Gasteiger partial charge on any atom is -0.399 e. The SMILES string of the molecule is C=CCN(CC=C)C(=O)CSc1nc2ccc(N)cc2[nH]1. The number of aromatic nitrogens is 2. The number of anilines is 1. The van der Waals surface area contributed by atoms with E-state index in [-0.39, 0.29) is 5.91 Å². The molecule has 0 saturated heterocycles. The lowest BCUT2D eigenvalue weighted by atomic mass is 10.3. The van der Waals surface area contributed by atoms with E-state index in [0.29, 0.717) is 29.7 Å². The summed E-state index contributed by atoms with van der Waals surface area (Å²) in [5, 5.41) is 0.709. The fourth-order valence-corrected chi connectivity index (χ4v) is 2.67. The van der Waals surface area contributed by atoms with Crippen LogP contribution < -0.4 is 5.73 Å². The van der Waals surface area contributed by atoms with E-state index in [4.69, 9.17) is 5.73 Å². The molecule has 0 atom stereocenters. The zero-order chi connectivity index (χ0) is 15.2. The Labute approximate surface area is 127 Å². The van der Waals surface area contributed by atoms with Gasteiger partial charge in [-0.2, -0.15) is 0 Å². The normalized spacial score (nSPS) is 10.5. The number of nitrogen functional groups attached to an aromatic ring is 1. The van der Waals surface area contributed by atoms with Gasteiger partial charge in [0.05, 0.1) is 16.8 Å². The van der Waals surface area contributed by atoms with Crippen LogP contribution in [0.25, 0.3) is 11.0 Å². The molecule has 1 aromatic carbocycles. The first-order chi connectivity index (χ1) is 10.1. The molecule has 1 amide bonds. The van der Waals surface area contributed by atoms with Crippen molar-refractivity contribution in [2.24, 2.45) is 0 Å². The largest absolute Gasteiger partial charge is 0.399 e. The van der Waals surface area contributed by atoms with Crippen LogP contribution in [0.15, 0.2) is 48.7 Å². The average Bonchev–Trinajstić information content (AvgIpc) is 2.86. The lowest BCUT2D eigenvalue weighted by Gasteiger charge is -2.18. The molecule has 0 unspecified atom stereocenters. The van der Waals surface area contributed by atoms with Crippen LogP contribution in [0.3, 0.4) is 0 Å². The summed E-state index contributed by atoms with van der Waals surface area (Å²) in [6, 6.07) is 5.49. The summed E-state index contributed by atoms with van der Waals surface area (Å²) in [6.45, 7) is 8.34. The fourth-order valence-electron chi connectivity index (χ4n) is 1.88. The number of fused-ring (bicyclic) bond motifs is 1. The second-order valence-corrected chi connectivity index (χ2v) is 5.45. The first kappa shape index (κ1) is 15.2. The first-order valence-corrected chi connectivity index (χ1v) is 7.50. The van der Waals surface area contributed by atoms with Gasteiger partial charge in [0.25, 0.3) is 0 Å². The van der Waals surface area contributed by atoms with Gasteiger partial charge in [0.2, 0.25) is 5.91 Å². The number of hydrogen-bond acceptors (Lipinski definition) is 4. The van der Waals surface area contributed by atoms with Crippen LogP contribution >= 0.6 is 11.8 Å². The summed E-state index contributed by atoms with van der Waals surface area (Å²) in [7, 11) is 0. The molecule has 2 rings (SSSR count). The number of rotatable bonds is 7. The third kappa shape index (κ3) is 3.88. The molecule has 3 N–H and O–H groups in total. The van der Waals surface area contributed by atoms with Gasteiger partial charge in [0, 0.05) is 18.8 Å². The summed E-state index contributed by atoms with van der Waals surface area (Å²) in [5.41, 5.74) is 8.12. The van der Waals surface area contributed by atoms with Gasteiger partial charge >= 0.3 is 0 Å². The molecule has 5 nitrogen and oxygen atoms in total. The van der Waals surface area contributed by atoms with Crippen molar-refractivity contribution in [3.63, 3.8) is 0 Å². The Hall–Kier alpha value is -2.21. The van der Waals surface area contributed by atoms with Crippen LogP contribution in [0.1, 0.15) is 0 Å². The van der Waals surface area contributed by atoms with Gasteiger partial charge in [-0.3, -0.25) is 4.79 Å². The van der Waals surface area contributed by atoms with Crippen LogP contribution in [0.2, 0.25) is 0 Å². The molecule has 21 heavy (non-hydrogen) atoms. The molecular weight excluding hydrogens is 284 g/mol. The molecule has 2 aromatic rings. The van der Waals surface area contributed by atoms with E-state index >= 15 is 0 Å². The van der Waals surface area contributed by atoms with E-state index in [0.717, 1.165) is 11.0 Å². The van der Waals surface area contributed by atoms with E-state index in [1.54, 1.807) is 23.1 Å². The minimum atomic E-state index is 0.0276. The molecule has 1 heterocycles. The van der Waals surface area contributed by atoms with Crippen LogP contribution in [0.4, 0.5) is 5.69 Å². The number of benzene rings is 1. The maximum atomic E-state index is 12.1. The molecule has 6 heteroatoms. The number of thioether (sulfide) groups is 1. The molecule has 0 aliphatic heterocycles. The highest BCUT2D eigenvalue weighted by molar-refractivity contribution is 7.99. The second-order valence-electron chi connectivity index (χ2n) is 4.48. The molecule has 0 saturated carbocycles. The van der Waals surface area contributed by atoms with Gasteiger partial charge in [0.15, 0.2) is 5.16 Å². The number of amides is 1. The molecule has 0 spiro atoms. The Morgan fingerprint density at radius 1 is 1.38 bits per heavy atom. The van der Waals surface area contributed by atoms with Crippen molar-refractivity contribution in [1.82, 2.24) is 14.9 Å². The standard InChI is InChI=1S/C15H18N4OS/c1-3-7-19(8-4-2)14(20)10-21-15-17-12-6-5-11(16)9-13(12)18-15/h3-6,9H,1-2,7-8,10,16H2,(H,17,18). The molecule has 0 fully saturated rings. The van der Waals surface area contributed by atoms with Gasteiger partial charge < -0.3 is 15.6 Å². The van der Waals surface area contributed by atoms with Crippen molar-refractivity contribution in [2.45, 2.75) is 5.16 Å². The van der Waals surface area contributed by atoms with Crippen LogP contribution in [-0.4, -0.2) is 39.6 Å². The molecule has 110 valence electrons. The Kier molecular flexibility index (Phi) is 5.05. The lowest BCUT2D eigenvalue weighted by Crippen LogP contribution is -2.32. The molecule has 0 bridgehead atoms. The van der Waals surface area contributed by atoms with Crippen molar-refractivity contribution in [1.29, 1.82) is 0 Å². The van der Waals surface area contributed by atoms with Crippen molar-refractivity contribution in [3.05, 3.63) is 43.5 Å². The maximum Gasteiger partial charge on any atom is 0.233 e. The lowest BCUT2D eigenvalue weighted by molar-refractivity contribution is -0.127. The molecule has 0 radical (unpaired) electrons. The van der Waals surface area contributed by atoms with E-state index in [1.807, 2.05) is 12.1 Å². The predicted octanol–water partition coefficient (Wildman–Crippen LogP) is 2.44. The van der Waals surface area contributed by atoms with Gasteiger partial charge in [-0.15, -0.1) is 13.2 Å². The second kappa shape index (κ2) is 6.99. The Balaban J connectivity index is 2.01. The van der Waals surface area contributed by atoms with Crippen molar-refractivity contribution in [3.8, 4) is 0 Å². The van der Waals surface area contributed by atoms with Crippen molar-refractivity contribution in [2.75, 3.05) is 24.6 Å². The zero-order valence-corrected chi connectivity index (χ0v) is 12.5. The van der Waals surface area contributed by atoms with E-state index < -0.39 is 0 Å². The number of nitrogens with two attached hydrogens (primary N) is 1.